The van der Waals surface area contributed by atoms with Gasteiger partial charge in [0.2, 0.25) is 11.8 Å². The number of carbonyl (C=O) groups is 2. The molecule has 2 rings (SSSR count). The van der Waals surface area contributed by atoms with Crippen LogP contribution in [0.1, 0.15) is 39.0 Å². The van der Waals surface area contributed by atoms with E-state index in [1.54, 1.807) is 4.90 Å². The minimum atomic E-state index is -0.355. The molecule has 0 aliphatic carbocycles. The Morgan fingerprint density at radius 2 is 2.05 bits per heavy atom. The molecule has 1 aromatic rings. The van der Waals surface area contributed by atoms with Gasteiger partial charge in [-0.25, -0.2) is 0 Å². The summed E-state index contributed by atoms with van der Waals surface area (Å²) in [5.41, 5.74) is 0.809. The van der Waals surface area contributed by atoms with Gasteiger partial charge in [0.25, 0.3) is 0 Å². The first-order chi connectivity index (χ1) is 9.74. The van der Waals surface area contributed by atoms with Gasteiger partial charge >= 0.3 is 0 Å². The average molecular weight is 274 g/mol. The Kier molecular flexibility index (Phi) is 5.16. The van der Waals surface area contributed by atoms with E-state index in [0.29, 0.717) is 19.4 Å². The molecule has 1 saturated heterocycles. The molecule has 1 aliphatic rings. The third kappa shape index (κ3) is 3.38. The van der Waals surface area contributed by atoms with Crippen molar-refractivity contribution in [2.24, 2.45) is 0 Å². The van der Waals surface area contributed by atoms with Crippen LogP contribution in [0.3, 0.4) is 0 Å². The fourth-order valence-corrected chi connectivity index (χ4v) is 2.55. The Balaban J connectivity index is 1.99. The number of nitrogens with one attached hydrogen (secondary N) is 1. The molecule has 20 heavy (non-hydrogen) atoms. The molecule has 4 heteroatoms. The van der Waals surface area contributed by atoms with Crippen molar-refractivity contribution in [3.05, 3.63) is 30.3 Å². The lowest BCUT2D eigenvalue weighted by Gasteiger charge is -2.24. The van der Waals surface area contributed by atoms with Crippen LogP contribution in [0.15, 0.2) is 30.3 Å². The second-order valence-corrected chi connectivity index (χ2v) is 5.15. The van der Waals surface area contributed by atoms with Gasteiger partial charge in [-0.05, 0) is 25.0 Å². The summed E-state index contributed by atoms with van der Waals surface area (Å²) in [6, 6.07) is 9.07. The molecular formula is C16H22N2O2. The molecule has 1 atom stereocenters. The van der Waals surface area contributed by atoms with Crippen LogP contribution in [-0.2, 0) is 9.59 Å². The lowest BCUT2D eigenvalue weighted by atomic mass is 10.2. The van der Waals surface area contributed by atoms with Gasteiger partial charge in [0, 0.05) is 18.7 Å². The smallest absolute Gasteiger partial charge is 0.243 e. The number of amides is 2. The maximum Gasteiger partial charge on any atom is 0.243 e. The summed E-state index contributed by atoms with van der Waals surface area (Å²) < 4.78 is 0. The maximum atomic E-state index is 12.2. The minimum Gasteiger partial charge on any atom is -0.354 e. The number of anilines is 1. The van der Waals surface area contributed by atoms with Gasteiger partial charge in [-0.1, -0.05) is 38.0 Å². The first-order valence-corrected chi connectivity index (χ1v) is 7.39. The second-order valence-electron chi connectivity index (χ2n) is 5.15. The molecule has 0 saturated carbocycles. The van der Waals surface area contributed by atoms with Crippen LogP contribution < -0.4 is 10.2 Å². The van der Waals surface area contributed by atoms with Crippen LogP contribution >= 0.6 is 0 Å². The monoisotopic (exact) mass is 274 g/mol. The van der Waals surface area contributed by atoms with Crippen molar-refractivity contribution in [1.29, 1.82) is 0 Å². The summed E-state index contributed by atoms with van der Waals surface area (Å²) in [5, 5.41) is 2.95. The van der Waals surface area contributed by atoms with Gasteiger partial charge in [0.15, 0.2) is 0 Å². The largest absolute Gasteiger partial charge is 0.354 e. The Labute approximate surface area is 120 Å². The summed E-state index contributed by atoms with van der Waals surface area (Å²) in [6.45, 7) is 2.83. The van der Waals surface area contributed by atoms with E-state index < -0.39 is 0 Å². The molecule has 4 nitrogen and oxygen atoms in total. The van der Waals surface area contributed by atoms with Gasteiger partial charge in [-0.15, -0.1) is 0 Å². The van der Waals surface area contributed by atoms with Gasteiger partial charge in [-0.2, -0.15) is 0 Å². The topological polar surface area (TPSA) is 49.4 Å². The molecule has 0 aromatic heterocycles. The van der Waals surface area contributed by atoms with Crippen LogP contribution in [-0.4, -0.2) is 24.4 Å². The van der Waals surface area contributed by atoms with Crippen molar-refractivity contribution in [3.63, 3.8) is 0 Å². The number of nitrogens with zero attached hydrogens (tertiary/aromatic N) is 1. The zero-order valence-corrected chi connectivity index (χ0v) is 12.0. The van der Waals surface area contributed by atoms with Crippen LogP contribution in [0.5, 0.6) is 0 Å². The molecule has 1 fully saturated rings. The van der Waals surface area contributed by atoms with Crippen molar-refractivity contribution in [2.75, 3.05) is 11.4 Å². The third-order valence-electron chi connectivity index (χ3n) is 3.63. The summed E-state index contributed by atoms with van der Waals surface area (Å²) in [6.07, 6.45) is 4.30. The second kappa shape index (κ2) is 7.08. The predicted molar refractivity (Wildman–Crippen MR) is 79.5 cm³/mol. The number of unbranched alkanes of at least 4 members (excludes halogenated alkanes) is 2. The van der Waals surface area contributed by atoms with Crippen LogP contribution in [0.2, 0.25) is 0 Å². The van der Waals surface area contributed by atoms with E-state index >= 15 is 0 Å². The van der Waals surface area contributed by atoms with E-state index in [1.807, 2.05) is 30.3 Å². The summed E-state index contributed by atoms with van der Waals surface area (Å²) in [4.78, 5) is 25.9. The zero-order valence-electron chi connectivity index (χ0n) is 12.0. The fraction of sp³-hybridized carbons (Fsp3) is 0.500. The number of para-hydroxylation sites is 1. The van der Waals surface area contributed by atoms with E-state index in [0.717, 1.165) is 24.9 Å². The first-order valence-electron chi connectivity index (χ1n) is 7.39. The average Bonchev–Trinajstić information content (AvgIpc) is 2.86. The van der Waals surface area contributed by atoms with E-state index in [9.17, 15) is 9.59 Å². The standard InChI is InChI=1S/C16H22N2O2/c1-2-3-7-12-17-16(20)14-10-11-15(19)18(14)13-8-5-4-6-9-13/h4-6,8-9,14H,2-3,7,10-12H2,1H3,(H,17,20). The van der Waals surface area contributed by atoms with E-state index in [4.69, 9.17) is 0 Å². The Morgan fingerprint density at radius 1 is 1.30 bits per heavy atom. The zero-order chi connectivity index (χ0) is 14.4. The number of hydrogen-bond acceptors (Lipinski definition) is 2. The van der Waals surface area contributed by atoms with Crippen molar-refractivity contribution >= 4 is 17.5 Å². The highest BCUT2D eigenvalue weighted by molar-refractivity contribution is 6.03. The molecule has 0 bridgehead atoms. The van der Waals surface area contributed by atoms with Crippen molar-refractivity contribution in [1.82, 2.24) is 5.32 Å². The molecule has 0 radical (unpaired) electrons. The molecular weight excluding hydrogens is 252 g/mol. The Bertz CT molecular complexity index is 459. The number of benzene rings is 1. The number of rotatable bonds is 6. The summed E-state index contributed by atoms with van der Waals surface area (Å²) >= 11 is 0. The molecule has 1 aliphatic heterocycles. The molecule has 1 aromatic carbocycles. The van der Waals surface area contributed by atoms with E-state index in [1.165, 1.54) is 0 Å². The maximum absolute atomic E-state index is 12.2. The quantitative estimate of drug-likeness (QED) is 0.810. The van der Waals surface area contributed by atoms with Crippen LogP contribution in [0.25, 0.3) is 0 Å². The highest BCUT2D eigenvalue weighted by Crippen LogP contribution is 2.26. The highest BCUT2D eigenvalue weighted by atomic mass is 16.2. The lowest BCUT2D eigenvalue weighted by molar-refractivity contribution is -0.123. The van der Waals surface area contributed by atoms with Crippen molar-refractivity contribution in [3.8, 4) is 0 Å². The normalized spacial score (nSPS) is 18.4. The molecule has 0 spiro atoms. The van der Waals surface area contributed by atoms with Crippen LogP contribution in [0, 0.1) is 0 Å². The van der Waals surface area contributed by atoms with Crippen molar-refractivity contribution in [2.45, 2.75) is 45.1 Å². The minimum absolute atomic E-state index is 0.0317. The Hall–Kier alpha value is -1.84. The fourth-order valence-electron chi connectivity index (χ4n) is 2.55. The molecule has 1 heterocycles. The van der Waals surface area contributed by atoms with Gasteiger partial charge in [-0.3, -0.25) is 14.5 Å². The highest BCUT2D eigenvalue weighted by Gasteiger charge is 2.36. The van der Waals surface area contributed by atoms with Crippen molar-refractivity contribution < 1.29 is 9.59 Å². The number of carbonyl (C=O) groups excluding carboxylic acids is 2. The van der Waals surface area contributed by atoms with Gasteiger partial charge in [0.1, 0.15) is 6.04 Å². The van der Waals surface area contributed by atoms with Gasteiger partial charge < -0.3 is 5.32 Å². The third-order valence-corrected chi connectivity index (χ3v) is 3.63. The van der Waals surface area contributed by atoms with E-state index in [2.05, 4.69) is 12.2 Å². The summed E-state index contributed by atoms with van der Waals surface area (Å²) in [5.74, 6) is 0.000661. The first kappa shape index (κ1) is 14.6. The number of hydrogen-bond donors (Lipinski definition) is 1. The molecule has 1 unspecified atom stereocenters. The predicted octanol–water partition coefficient (Wildman–Crippen LogP) is 2.49. The van der Waals surface area contributed by atoms with Crippen LogP contribution in [0.4, 0.5) is 5.69 Å². The molecule has 1 N–H and O–H groups in total. The summed E-state index contributed by atoms with van der Waals surface area (Å²) in [7, 11) is 0. The van der Waals surface area contributed by atoms with E-state index in [-0.39, 0.29) is 17.9 Å². The lowest BCUT2D eigenvalue weighted by Crippen LogP contribution is -2.45. The Morgan fingerprint density at radius 3 is 2.75 bits per heavy atom. The molecule has 2 amide bonds. The SMILES string of the molecule is CCCCCNC(=O)C1CCC(=O)N1c1ccccc1. The molecule has 108 valence electrons. The van der Waals surface area contributed by atoms with Gasteiger partial charge in [0.05, 0.1) is 0 Å².